The zero-order valence-corrected chi connectivity index (χ0v) is 18.8. The van der Waals surface area contributed by atoms with Gasteiger partial charge in [0.1, 0.15) is 6.04 Å². The van der Waals surface area contributed by atoms with Crippen molar-refractivity contribution in [2.75, 3.05) is 7.05 Å². The number of non-ortho nitro benzene ring substituents is 1. The first-order valence-corrected chi connectivity index (χ1v) is 11.4. The van der Waals surface area contributed by atoms with Crippen molar-refractivity contribution >= 4 is 33.4 Å². The van der Waals surface area contributed by atoms with Crippen molar-refractivity contribution in [2.24, 2.45) is 0 Å². The number of carbonyl (C=O) groups excluding carboxylic acids is 3. The van der Waals surface area contributed by atoms with E-state index in [0.717, 1.165) is 6.92 Å². The maximum Gasteiger partial charge on any atom is 0.269 e. The highest BCUT2D eigenvalue weighted by Crippen LogP contribution is 2.15. The lowest BCUT2D eigenvalue weighted by Crippen LogP contribution is -2.47. The number of nitro benzene ring substituents is 1. The van der Waals surface area contributed by atoms with Crippen molar-refractivity contribution in [3.63, 3.8) is 0 Å². The van der Waals surface area contributed by atoms with Crippen molar-refractivity contribution in [3.8, 4) is 0 Å². The SMILES string of the molecule is CNC(=O)C(Cc1ccc([N+](=O)[O-])cc1)NC(=O)CCc1cccc(S(=O)(=O)NC(C)=O)c1. The first-order valence-electron chi connectivity index (χ1n) is 9.88. The van der Waals surface area contributed by atoms with Gasteiger partial charge in [0.25, 0.3) is 15.7 Å². The van der Waals surface area contributed by atoms with Crippen LogP contribution < -0.4 is 15.4 Å². The highest BCUT2D eigenvalue weighted by molar-refractivity contribution is 7.90. The van der Waals surface area contributed by atoms with Gasteiger partial charge in [0, 0.05) is 38.9 Å². The predicted octanol–water partition coefficient (Wildman–Crippen LogP) is 0.826. The zero-order chi connectivity index (χ0) is 24.6. The third kappa shape index (κ3) is 7.68. The Balaban J connectivity index is 2.03. The molecule has 11 nitrogen and oxygen atoms in total. The Morgan fingerprint density at radius 2 is 1.73 bits per heavy atom. The molecule has 33 heavy (non-hydrogen) atoms. The summed E-state index contributed by atoms with van der Waals surface area (Å²) in [5.41, 5.74) is 1.11. The lowest BCUT2D eigenvalue weighted by atomic mass is 10.0. The van der Waals surface area contributed by atoms with Crippen molar-refractivity contribution in [1.29, 1.82) is 0 Å². The molecule has 2 aromatic rings. The molecule has 0 aliphatic carbocycles. The van der Waals surface area contributed by atoms with Gasteiger partial charge in [-0.25, -0.2) is 13.1 Å². The van der Waals surface area contributed by atoms with Crippen LogP contribution in [0.15, 0.2) is 53.4 Å². The monoisotopic (exact) mass is 476 g/mol. The zero-order valence-electron chi connectivity index (χ0n) is 18.0. The number of aryl methyl sites for hydroxylation is 1. The van der Waals surface area contributed by atoms with E-state index in [1.54, 1.807) is 6.07 Å². The molecule has 0 fully saturated rings. The number of benzene rings is 2. The molecule has 3 amide bonds. The minimum absolute atomic E-state index is 0.0165. The van der Waals surface area contributed by atoms with E-state index in [-0.39, 0.29) is 29.8 Å². The molecule has 2 aromatic carbocycles. The van der Waals surface area contributed by atoms with Gasteiger partial charge < -0.3 is 10.6 Å². The molecule has 12 heteroatoms. The summed E-state index contributed by atoms with van der Waals surface area (Å²) in [5.74, 6) is -1.57. The minimum Gasteiger partial charge on any atom is -0.357 e. The molecule has 176 valence electrons. The van der Waals surface area contributed by atoms with Crippen LogP contribution in [0.2, 0.25) is 0 Å². The second kappa shape index (κ2) is 11.2. The Hall–Kier alpha value is -3.80. The number of nitrogens with zero attached hydrogens (tertiary/aromatic N) is 1. The minimum atomic E-state index is -3.99. The van der Waals surface area contributed by atoms with Crippen LogP contribution in [0.4, 0.5) is 5.69 Å². The predicted molar refractivity (Wildman–Crippen MR) is 119 cm³/mol. The molecular formula is C21H24N4O7S. The van der Waals surface area contributed by atoms with Gasteiger partial charge in [-0.1, -0.05) is 24.3 Å². The molecule has 1 atom stereocenters. The van der Waals surface area contributed by atoms with E-state index in [1.165, 1.54) is 49.5 Å². The first-order chi connectivity index (χ1) is 15.5. The van der Waals surface area contributed by atoms with E-state index < -0.39 is 38.7 Å². The molecule has 0 saturated heterocycles. The Morgan fingerprint density at radius 3 is 2.30 bits per heavy atom. The summed E-state index contributed by atoms with van der Waals surface area (Å²) in [6.07, 6.45) is 0.318. The van der Waals surface area contributed by atoms with E-state index in [2.05, 4.69) is 10.6 Å². The fraction of sp³-hybridized carbons (Fsp3) is 0.286. The highest BCUT2D eigenvalue weighted by Gasteiger charge is 2.21. The Labute approximate surface area is 190 Å². The van der Waals surface area contributed by atoms with Crippen LogP contribution in [0.5, 0.6) is 0 Å². The molecule has 0 spiro atoms. The molecule has 1 unspecified atom stereocenters. The van der Waals surface area contributed by atoms with E-state index in [9.17, 15) is 32.9 Å². The summed E-state index contributed by atoms with van der Waals surface area (Å²) in [5, 5.41) is 15.9. The summed E-state index contributed by atoms with van der Waals surface area (Å²) < 4.78 is 26.1. The lowest BCUT2D eigenvalue weighted by molar-refractivity contribution is -0.384. The molecular weight excluding hydrogens is 452 g/mol. The van der Waals surface area contributed by atoms with Crippen molar-refractivity contribution < 1.29 is 27.7 Å². The van der Waals surface area contributed by atoms with Crippen LogP contribution in [-0.2, 0) is 37.2 Å². The normalized spacial score (nSPS) is 11.8. The summed E-state index contributed by atoms with van der Waals surface area (Å²) in [7, 11) is -2.56. The third-order valence-corrected chi connectivity index (χ3v) is 6.04. The summed E-state index contributed by atoms with van der Waals surface area (Å²) in [4.78, 5) is 45.9. The molecule has 0 bridgehead atoms. The first kappa shape index (κ1) is 25.5. The maximum absolute atomic E-state index is 12.5. The van der Waals surface area contributed by atoms with E-state index in [4.69, 9.17) is 0 Å². The molecule has 2 rings (SSSR count). The van der Waals surface area contributed by atoms with E-state index in [1.807, 2.05) is 4.72 Å². The number of hydrogen-bond acceptors (Lipinski definition) is 7. The maximum atomic E-state index is 12.5. The number of likely N-dealkylation sites (N-methyl/N-ethyl adjacent to an activating group) is 1. The second-order valence-corrected chi connectivity index (χ2v) is 8.85. The number of carbonyl (C=O) groups is 3. The Morgan fingerprint density at radius 1 is 1.06 bits per heavy atom. The van der Waals surface area contributed by atoms with Gasteiger partial charge in [-0.3, -0.25) is 24.5 Å². The average Bonchev–Trinajstić information content (AvgIpc) is 2.76. The van der Waals surface area contributed by atoms with Crippen LogP contribution >= 0.6 is 0 Å². The number of hydrogen-bond donors (Lipinski definition) is 3. The molecule has 0 aliphatic heterocycles. The number of rotatable bonds is 10. The number of nitrogens with one attached hydrogen (secondary N) is 3. The van der Waals surface area contributed by atoms with Gasteiger partial charge >= 0.3 is 0 Å². The van der Waals surface area contributed by atoms with E-state index in [0.29, 0.717) is 11.1 Å². The summed E-state index contributed by atoms with van der Waals surface area (Å²) in [6.45, 7) is 1.09. The lowest BCUT2D eigenvalue weighted by Gasteiger charge is -2.17. The van der Waals surface area contributed by atoms with Gasteiger partial charge in [-0.2, -0.15) is 0 Å². The largest absolute Gasteiger partial charge is 0.357 e. The van der Waals surface area contributed by atoms with Crippen LogP contribution in [0.1, 0.15) is 24.5 Å². The molecule has 3 N–H and O–H groups in total. The average molecular weight is 477 g/mol. The van der Waals surface area contributed by atoms with E-state index >= 15 is 0 Å². The van der Waals surface area contributed by atoms with Crippen molar-refractivity contribution in [1.82, 2.24) is 15.4 Å². The van der Waals surface area contributed by atoms with Crippen LogP contribution in [0.3, 0.4) is 0 Å². The number of amides is 3. The van der Waals surface area contributed by atoms with Gasteiger partial charge in [0.15, 0.2) is 0 Å². The number of nitro groups is 1. The van der Waals surface area contributed by atoms with Crippen molar-refractivity contribution in [3.05, 3.63) is 69.8 Å². The molecule has 0 heterocycles. The van der Waals surface area contributed by atoms with Gasteiger partial charge in [-0.05, 0) is 29.7 Å². The van der Waals surface area contributed by atoms with Gasteiger partial charge in [0.2, 0.25) is 17.7 Å². The van der Waals surface area contributed by atoms with Gasteiger partial charge in [-0.15, -0.1) is 0 Å². The highest BCUT2D eigenvalue weighted by atomic mass is 32.2. The summed E-state index contributed by atoms with van der Waals surface area (Å²) in [6, 6.07) is 10.6. The third-order valence-electron chi connectivity index (χ3n) is 4.61. The fourth-order valence-corrected chi connectivity index (χ4v) is 4.07. The molecule has 0 saturated carbocycles. The number of sulfonamides is 1. The topological polar surface area (TPSA) is 165 Å². The smallest absolute Gasteiger partial charge is 0.269 e. The molecule has 0 radical (unpaired) electrons. The van der Waals surface area contributed by atoms with Crippen LogP contribution in [0, 0.1) is 10.1 Å². The molecule has 0 aliphatic rings. The standard InChI is InChI=1S/C21H24N4O7S/c1-14(26)24-33(31,32)18-5-3-4-15(12-18)8-11-20(27)23-19(21(28)22-2)13-16-6-9-17(10-7-16)25(29)30/h3-7,9-10,12,19H,8,11,13H2,1-2H3,(H,22,28)(H,23,27)(H,24,26). The Bertz CT molecular complexity index is 1150. The van der Waals surface area contributed by atoms with Crippen LogP contribution in [0.25, 0.3) is 0 Å². The summed E-state index contributed by atoms with van der Waals surface area (Å²) >= 11 is 0. The second-order valence-electron chi connectivity index (χ2n) is 7.17. The fourth-order valence-electron chi connectivity index (χ4n) is 3.01. The van der Waals surface area contributed by atoms with Crippen molar-refractivity contribution in [2.45, 2.75) is 37.1 Å². The quantitative estimate of drug-likeness (QED) is 0.337. The van der Waals surface area contributed by atoms with Gasteiger partial charge in [0.05, 0.1) is 9.82 Å². The Kier molecular flexibility index (Phi) is 8.63. The van der Waals surface area contributed by atoms with Crippen LogP contribution in [-0.4, -0.2) is 44.2 Å². The molecule has 0 aromatic heterocycles.